The summed E-state index contributed by atoms with van der Waals surface area (Å²) in [5, 5.41) is 3.32. The molecule has 194 valence electrons. The number of hydrogen-bond donors (Lipinski definition) is 1. The van der Waals surface area contributed by atoms with Crippen LogP contribution in [0.2, 0.25) is 0 Å². The standard InChI is InChI=1S/C26H27BrN4O4S2/c1-5-20(24(32)29-18-11-13-19(14-12-18)37(34,35)30(3)4)31-15-28-25-23(26(31)33)22(21(6-2)36-25)16-7-9-17(27)10-8-16/h7-15,20H,5-6H2,1-4H3,(H,29,32). The second-order valence-electron chi connectivity index (χ2n) is 8.62. The molecule has 1 unspecified atom stereocenters. The van der Waals surface area contributed by atoms with Crippen molar-refractivity contribution in [3.05, 3.63) is 74.6 Å². The number of aromatic nitrogens is 2. The summed E-state index contributed by atoms with van der Waals surface area (Å²) in [5.41, 5.74) is 1.94. The maximum absolute atomic E-state index is 13.8. The van der Waals surface area contributed by atoms with Gasteiger partial charge in [0, 0.05) is 34.7 Å². The summed E-state index contributed by atoms with van der Waals surface area (Å²) in [4.78, 5) is 33.4. The lowest BCUT2D eigenvalue weighted by Gasteiger charge is -2.18. The van der Waals surface area contributed by atoms with Gasteiger partial charge < -0.3 is 5.32 Å². The number of fused-ring (bicyclic) bond motifs is 1. The van der Waals surface area contributed by atoms with Crippen molar-refractivity contribution >= 4 is 59.1 Å². The van der Waals surface area contributed by atoms with Crippen LogP contribution in [-0.4, -0.2) is 42.3 Å². The molecule has 37 heavy (non-hydrogen) atoms. The summed E-state index contributed by atoms with van der Waals surface area (Å²) >= 11 is 4.95. The van der Waals surface area contributed by atoms with Crippen LogP contribution in [0.3, 0.4) is 0 Å². The molecule has 1 amide bonds. The normalized spacial score (nSPS) is 12.7. The first-order valence-electron chi connectivity index (χ1n) is 11.7. The lowest BCUT2D eigenvalue weighted by molar-refractivity contribution is -0.119. The summed E-state index contributed by atoms with van der Waals surface area (Å²) in [6, 6.07) is 12.9. The fraction of sp³-hybridized carbons (Fsp3) is 0.269. The maximum atomic E-state index is 13.8. The highest BCUT2D eigenvalue weighted by atomic mass is 79.9. The lowest BCUT2D eigenvalue weighted by Crippen LogP contribution is -2.33. The second-order valence-corrected chi connectivity index (χ2v) is 12.8. The Labute approximate surface area is 228 Å². The summed E-state index contributed by atoms with van der Waals surface area (Å²) in [7, 11) is -0.663. The summed E-state index contributed by atoms with van der Waals surface area (Å²) in [6.07, 6.45) is 2.56. The zero-order chi connectivity index (χ0) is 26.9. The minimum atomic E-state index is -3.58. The molecule has 4 rings (SSSR count). The van der Waals surface area contributed by atoms with E-state index in [1.165, 1.54) is 60.6 Å². The third kappa shape index (κ3) is 5.26. The van der Waals surface area contributed by atoms with Gasteiger partial charge >= 0.3 is 0 Å². The summed E-state index contributed by atoms with van der Waals surface area (Å²) in [5.74, 6) is -0.384. The highest BCUT2D eigenvalue weighted by molar-refractivity contribution is 9.10. The van der Waals surface area contributed by atoms with E-state index in [1.807, 2.05) is 38.1 Å². The molecule has 0 aliphatic carbocycles. The van der Waals surface area contributed by atoms with Crippen LogP contribution in [0.15, 0.2) is 69.0 Å². The van der Waals surface area contributed by atoms with Gasteiger partial charge in [-0.25, -0.2) is 17.7 Å². The fourth-order valence-electron chi connectivity index (χ4n) is 4.10. The number of carbonyl (C=O) groups excluding carboxylic acids is 1. The molecule has 0 aliphatic heterocycles. The van der Waals surface area contributed by atoms with Gasteiger partial charge in [0.2, 0.25) is 15.9 Å². The fourth-order valence-corrected chi connectivity index (χ4v) is 6.36. The number of aryl methyl sites for hydroxylation is 1. The molecule has 0 aliphatic rings. The average Bonchev–Trinajstić information content (AvgIpc) is 3.26. The van der Waals surface area contributed by atoms with E-state index in [0.717, 1.165) is 31.2 Å². The van der Waals surface area contributed by atoms with Crippen LogP contribution in [0.4, 0.5) is 5.69 Å². The maximum Gasteiger partial charge on any atom is 0.263 e. The van der Waals surface area contributed by atoms with Crippen molar-refractivity contribution in [2.45, 2.75) is 37.6 Å². The van der Waals surface area contributed by atoms with Gasteiger partial charge in [-0.2, -0.15) is 0 Å². The van der Waals surface area contributed by atoms with Crippen molar-refractivity contribution in [1.82, 2.24) is 13.9 Å². The number of nitrogens with zero attached hydrogens (tertiary/aromatic N) is 3. The molecule has 0 fully saturated rings. The molecule has 2 aromatic carbocycles. The Kier molecular flexibility index (Phi) is 7.98. The largest absolute Gasteiger partial charge is 0.324 e. The van der Waals surface area contributed by atoms with E-state index >= 15 is 0 Å². The van der Waals surface area contributed by atoms with Crippen LogP contribution in [0.25, 0.3) is 21.3 Å². The van der Waals surface area contributed by atoms with Gasteiger partial charge in [-0.3, -0.25) is 14.2 Å². The Morgan fingerprint density at radius 2 is 1.76 bits per heavy atom. The number of benzene rings is 2. The predicted octanol–water partition coefficient (Wildman–Crippen LogP) is 5.29. The van der Waals surface area contributed by atoms with E-state index in [1.54, 1.807) is 0 Å². The molecule has 2 heterocycles. The predicted molar refractivity (Wildman–Crippen MR) is 152 cm³/mol. The van der Waals surface area contributed by atoms with Crippen LogP contribution in [-0.2, 0) is 21.2 Å². The van der Waals surface area contributed by atoms with Gasteiger partial charge in [0.05, 0.1) is 16.6 Å². The van der Waals surface area contributed by atoms with Gasteiger partial charge in [0.15, 0.2) is 0 Å². The topological polar surface area (TPSA) is 101 Å². The molecular formula is C26H27BrN4O4S2. The molecule has 8 nitrogen and oxygen atoms in total. The quantitative estimate of drug-likeness (QED) is 0.295. The first-order chi connectivity index (χ1) is 17.6. The van der Waals surface area contributed by atoms with E-state index < -0.39 is 16.1 Å². The number of halogens is 1. The van der Waals surface area contributed by atoms with Crippen molar-refractivity contribution < 1.29 is 13.2 Å². The van der Waals surface area contributed by atoms with Crippen LogP contribution < -0.4 is 10.9 Å². The highest BCUT2D eigenvalue weighted by Gasteiger charge is 2.25. The molecule has 0 bridgehead atoms. The molecule has 4 aromatic rings. The van der Waals surface area contributed by atoms with E-state index in [2.05, 4.69) is 26.2 Å². The van der Waals surface area contributed by atoms with Gasteiger partial charge in [-0.15, -0.1) is 11.3 Å². The van der Waals surface area contributed by atoms with Gasteiger partial charge in [-0.1, -0.05) is 41.9 Å². The number of amides is 1. The zero-order valence-corrected chi connectivity index (χ0v) is 24.1. The first kappa shape index (κ1) is 27.2. The highest BCUT2D eigenvalue weighted by Crippen LogP contribution is 2.37. The number of nitrogens with one attached hydrogen (secondary N) is 1. The third-order valence-corrected chi connectivity index (χ3v) is 9.69. The molecule has 0 radical (unpaired) electrons. The summed E-state index contributed by atoms with van der Waals surface area (Å²) in [6.45, 7) is 3.87. The van der Waals surface area contributed by atoms with Gasteiger partial charge in [0.1, 0.15) is 10.9 Å². The number of thiophene rings is 1. The Morgan fingerprint density at radius 1 is 1.11 bits per heavy atom. The minimum Gasteiger partial charge on any atom is -0.324 e. The zero-order valence-electron chi connectivity index (χ0n) is 20.9. The van der Waals surface area contributed by atoms with Crippen LogP contribution in [0.5, 0.6) is 0 Å². The number of carbonyl (C=O) groups is 1. The van der Waals surface area contributed by atoms with Crippen molar-refractivity contribution in [3.63, 3.8) is 0 Å². The van der Waals surface area contributed by atoms with E-state index in [9.17, 15) is 18.0 Å². The Bertz CT molecular complexity index is 1610. The average molecular weight is 604 g/mol. The number of rotatable bonds is 8. The molecule has 0 saturated carbocycles. The van der Waals surface area contributed by atoms with Crippen molar-refractivity contribution in [2.75, 3.05) is 19.4 Å². The van der Waals surface area contributed by atoms with Crippen LogP contribution in [0.1, 0.15) is 31.2 Å². The first-order valence-corrected chi connectivity index (χ1v) is 14.7. The minimum absolute atomic E-state index is 0.123. The van der Waals surface area contributed by atoms with Crippen molar-refractivity contribution in [3.8, 4) is 11.1 Å². The second kappa shape index (κ2) is 10.9. The molecule has 11 heteroatoms. The monoisotopic (exact) mass is 602 g/mol. The van der Waals surface area contributed by atoms with Crippen molar-refractivity contribution in [2.24, 2.45) is 0 Å². The molecular weight excluding hydrogens is 576 g/mol. The molecule has 1 atom stereocenters. The number of hydrogen-bond acceptors (Lipinski definition) is 6. The Morgan fingerprint density at radius 3 is 2.32 bits per heavy atom. The van der Waals surface area contributed by atoms with E-state index in [4.69, 9.17) is 0 Å². The van der Waals surface area contributed by atoms with Crippen LogP contribution in [0, 0.1) is 0 Å². The molecule has 0 saturated heterocycles. The Balaban J connectivity index is 1.71. The van der Waals surface area contributed by atoms with E-state index in [0.29, 0.717) is 22.3 Å². The van der Waals surface area contributed by atoms with Crippen molar-refractivity contribution in [1.29, 1.82) is 0 Å². The smallest absolute Gasteiger partial charge is 0.263 e. The molecule has 1 N–H and O–H groups in total. The summed E-state index contributed by atoms with van der Waals surface area (Å²) < 4.78 is 28.1. The third-order valence-electron chi connectivity index (χ3n) is 6.09. The SMILES string of the molecule is CCc1sc2ncn(C(CC)C(=O)Nc3ccc(S(=O)(=O)N(C)C)cc3)c(=O)c2c1-c1ccc(Br)cc1. The molecule has 0 spiro atoms. The number of sulfonamides is 1. The van der Waals surface area contributed by atoms with Gasteiger partial charge in [-0.05, 0) is 54.8 Å². The molecule has 2 aromatic heterocycles. The Hall–Kier alpha value is -2.86. The van der Waals surface area contributed by atoms with E-state index in [-0.39, 0.29) is 16.4 Å². The number of anilines is 1. The van der Waals surface area contributed by atoms with Gasteiger partial charge in [0.25, 0.3) is 5.56 Å². The van der Waals surface area contributed by atoms with Crippen LogP contribution >= 0.6 is 27.3 Å². The lowest BCUT2D eigenvalue weighted by atomic mass is 10.0.